The summed E-state index contributed by atoms with van der Waals surface area (Å²) < 4.78 is 2.88. The van der Waals surface area contributed by atoms with E-state index in [2.05, 4.69) is 45.9 Å². The van der Waals surface area contributed by atoms with Gasteiger partial charge in [0, 0.05) is 12.4 Å². The van der Waals surface area contributed by atoms with E-state index >= 15 is 0 Å². The van der Waals surface area contributed by atoms with Crippen molar-refractivity contribution in [3.63, 3.8) is 0 Å². The highest BCUT2D eigenvalue weighted by Crippen LogP contribution is 2.16. The van der Waals surface area contributed by atoms with E-state index in [-0.39, 0.29) is 0 Å². The van der Waals surface area contributed by atoms with Crippen LogP contribution in [-0.4, -0.2) is 14.4 Å². The zero-order valence-corrected chi connectivity index (χ0v) is 9.12. The van der Waals surface area contributed by atoms with Crippen LogP contribution in [0.25, 0.3) is 5.78 Å². The Morgan fingerprint density at radius 3 is 2.69 bits per heavy atom. The number of nitrogens with zero attached hydrogens (tertiary/aromatic N) is 3. The van der Waals surface area contributed by atoms with Crippen LogP contribution in [0.5, 0.6) is 0 Å². The Morgan fingerprint density at radius 2 is 2.00 bits per heavy atom. The minimum atomic E-state index is 0.492. The normalized spacial score (nSPS) is 11.4. The van der Waals surface area contributed by atoms with Crippen molar-refractivity contribution in [2.24, 2.45) is 0 Å². The Hall–Kier alpha value is -0.900. The number of rotatable bonds is 1. The lowest BCUT2D eigenvalue weighted by Crippen LogP contribution is -1.95. The molecule has 3 nitrogen and oxygen atoms in total. The Kier molecular flexibility index (Phi) is 2.07. The summed E-state index contributed by atoms with van der Waals surface area (Å²) in [5.74, 6) is 1.22. The van der Waals surface area contributed by atoms with Crippen molar-refractivity contribution in [3.8, 4) is 0 Å². The second-order valence-electron chi connectivity index (χ2n) is 3.29. The average molecular weight is 240 g/mol. The number of hydrogen-bond acceptors (Lipinski definition) is 2. The van der Waals surface area contributed by atoms with E-state index in [1.165, 1.54) is 5.56 Å². The summed E-state index contributed by atoms with van der Waals surface area (Å²) in [6.07, 6.45) is 5.69. The number of imidazole rings is 1. The van der Waals surface area contributed by atoms with Gasteiger partial charge in [-0.05, 0) is 27.4 Å². The smallest absolute Gasteiger partial charge is 0.234 e. The van der Waals surface area contributed by atoms with E-state index < -0.39 is 0 Å². The molecule has 0 amide bonds. The first-order chi connectivity index (χ1) is 6.18. The standard InChI is InChI=1S/C9H10BrN3/c1-6(2)7-3-11-9-12-4-8(10)13(9)5-7/h3-6H,1-2H3. The predicted octanol–water partition coefficient (Wildman–Crippen LogP) is 2.62. The van der Waals surface area contributed by atoms with Gasteiger partial charge >= 0.3 is 0 Å². The van der Waals surface area contributed by atoms with Gasteiger partial charge in [0.15, 0.2) is 0 Å². The van der Waals surface area contributed by atoms with E-state index in [1.807, 2.05) is 10.6 Å². The van der Waals surface area contributed by atoms with Gasteiger partial charge in [-0.15, -0.1) is 0 Å². The van der Waals surface area contributed by atoms with Crippen molar-refractivity contribution in [1.29, 1.82) is 0 Å². The Labute approximate surface area is 85.0 Å². The number of aromatic nitrogens is 3. The molecule has 2 rings (SSSR count). The summed E-state index contributed by atoms with van der Waals surface area (Å²) in [4.78, 5) is 8.37. The molecule has 68 valence electrons. The largest absolute Gasteiger partial charge is 0.278 e. The van der Waals surface area contributed by atoms with Crippen LogP contribution in [0.4, 0.5) is 0 Å². The third-order valence-corrected chi connectivity index (χ3v) is 2.59. The molecule has 13 heavy (non-hydrogen) atoms. The Balaban J connectivity index is 2.66. The van der Waals surface area contributed by atoms with Crippen molar-refractivity contribution >= 4 is 21.7 Å². The lowest BCUT2D eigenvalue weighted by molar-refractivity contribution is 0.840. The molecule has 0 unspecified atom stereocenters. The number of hydrogen-bond donors (Lipinski definition) is 0. The first-order valence-corrected chi connectivity index (χ1v) is 4.96. The Bertz CT molecular complexity index is 433. The van der Waals surface area contributed by atoms with Crippen LogP contribution in [0.3, 0.4) is 0 Å². The van der Waals surface area contributed by atoms with Gasteiger partial charge in [0.25, 0.3) is 0 Å². The maximum absolute atomic E-state index is 4.25. The van der Waals surface area contributed by atoms with Crippen molar-refractivity contribution in [2.75, 3.05) is 0 Å². The molecule has 4 heteroatoms. The average Bonchev–Trinajstić information content (AvgIpc) is 2.47. The molecule has 0 aromatic carbocycles. The summed E-state index contributed by atoms with van der Waals surface area (Å²) in [5, 5.41) is 0. The molecular formula is C9H10BrN3. The second-order valence-corrected chi connectivity index (χ2v) is 4.11. The number of fused-ring (bicyclic) bond motifs is 1. The first-order valence-electron chi connectivity index (χ1n) is 4.17. The molecule has 0 N–H and O–H groups in total. The van der Waals surface area contributed by atoms with Crippen LogP contribution in [0, 0.1) is 0 Å². The Morgan fingerprint density at radius 1 is 1.31 bits per heavy atom. The van der Waals surface area contributed by atoms with Crippen LogP contribution < -0.4 is 0 Å². The zero-order chi connectivity index (χ0) is 9.42. The highest BCUT2D eigenvalue weighted by molar-refractivity contribution is 9.10. The van der Waals surface area contributed by atoms with Gasteiger partial charge in [0.05, 0.1) is 6.20 Å². The van der Waals surface area contributed by atoms with Crippen LogP contribution in [0.1, 0.15) is 25.3 Å². The molecule has 2 aromatic heterocycles. The molecular weight excluding hydrogens is 230 g/mol. The minimum absolute atomic E-state index is 0.492. The van der Waals surface area contributed by atoms with Gasteiger partial charge in [0.1, 0.15) is 4.60 Å². The molecule has 0 fully saturated rings. The molecule has 0 aliphatic carbocycles. The molecule has 0 atom stereocenters. The first kappa shape index (κ1) is 8.69. The van der Waals surface area contributed by atoms with Crippen LogP contribution >= 0.6 is 15.9 Å². The van der Waals surface area contributed by atoms with Gasteiger partial charge in [0.2, 0.25) is 5.78 Å². The quantitative estimate of drug-likeness (QED) is 0.766. The summed E-state index contributed by atoms with van der Waals surface area (Å²) in [7, 11) is 0. The van der Waals surface area contributed by atoms with E-state index in [0.717, 1.165) is 10.4 Å². The van der Waals surface area contributed by atoms with Crippen LogP contribution in [0.15, 0.2) is 23.2 Å². The predicted molar refractivity (Wildman–Crippen MR) is 54.8 cm³/mol. The van der Waals surface area contributed by atoms with Crippen LogP contribution in [-0.2, 0) is 0 Å². The molecule has 2 heterocycles. The lowest BCUT2D eigenvalue weighted by Gasteiger charge is -2.04. The molecule has 0 aliphatic heterocycles. The van der Waals surface area contributed by atoms with Gasteiger partial charge in [-0.3, -0.25) is 4.40 Å². The van der Waals surface area contributed by atoms with Crippen molar-refractivity contribution in [3.05, 3.63) is 28.8 Å². The molecule has 0 saturated carbocycles. The minimum Gasteiger partial charge on any atom is -0.278 e. The fourth-order valence-electron chi connectivity index (χ4n) is 1.16. The summed E-state index contributed by atoms with van der Waals surface area (Å²) >= 11 is 3.41. The monoisotopic (exact) mass is 239 g/mol. The third kappa shape index (κ3) is 1.46. The highest BCUT2D eigenvalue weighted by Gasteiger charge is 2.04. The summed E-state index contributed by atoms with van der Waals surface area (Å²) in [6.45, 7) is 4.29. The summed E-state index contributed by atoms with van der Waals surface area (Å²) in [5.41, 5.74) is 1.21. The molecule has 0 spiro atoms. The fraction of sp³-hybridized carbons (Fsp3) is 0.333. The second kappa shape index (κ2) is 3.10. The van der Waals surface area contributed by atoms with E-state index in [0.29, 0.717) is 5.92 Å². The molecule has 0 radical (unpaired) electrons. The lowest BCUT2D eigenvalue weighted by atomic mass is 10.1. The number of halogens is 1. The van der Waals surface area contributed by atoms with Gasteiger partial charge < -0.3 is 0 Å². The maximum atomic E-state index is 4.25. The van der Waals surface area contributed by atoms with E-state index in [4.69, 9.17) is 0 Å². The molecule has 0 aliphatic rings. The summed E-state index contributed by atoms with van der Waals surface area (Å²) in [6, 6.07) is 0. The van der Waals surface area contributed by atoms with Gasteiger partial charge in [-0.25, -0.2) is 9.97 Å². The van der Waals surface area contributed by atoms with E-state index in [9.17, 15) is 0 Å². The highest BCUT2D eigenvalue weighted by atomic mass is 79.9. The van der Waals surface area contributed by atoms with E-state index in [1.54, 1.807) is 6.20 Å². The SMILES string of the molecule is CC(C)c1cnc2ncc(Br)n2c1. The molecule has 2 aromatic rings. The van der Waals surface area contributed by atoms with Crippen molar-refractivity contribution in [2.45, 2.75) is 19.8 Å². The van der Waals surface area contributed by atoms with Crippen molar-refractivity contribution < 1.29 is 0 Å². The third-order valence-electron chi connectivity index (χ3n) is 2.01. The van der Waals surface area contributed by atoms with Crippen LogP contribution in [0.2, 0.25) is 0 Å². The zero-order valence-electron chi connectivity index (χ0n) is 7.53. The molecule has 0 saturated heterocycles. The topological polar surface area (TPSA) is 30.2 Å². The van der Waals surface area contributed by atoms with Crippen molar-refractivity contribution in [1.82, 2.24) is 14.4 Å². The molecule has 0 bridgehead atoms. The van der Waals surface area contributed by atoms with Gasteiger partial charge in [-0.2, -0.15) is 0 Å². The fourth-order valence-corrected chi connectivity index (χ4v) is 1.52. The van der Waals surface area contributed by atoms with Gasteiger partial charge in [-0.1, -0.05) is 13.8 Å². The maximum Gasteiger partial charge on any atom is 0.234 e.